The molecule has 9 heteroatoms. The minimum atomic E-state index is -3.75. The van der Waals surface area contributed by atoms with E-state index in [1.165, 1.54) is 23.5 Å². The fraction of sp³-hybridized carbons (Fsp3) is 0.227. The Labute approximate surface area is 186 Å². The minimum Gasteiger partial charge on any atom is -0.497 e. The molecule has 0 aliphatic heterocycles. The van der Waals surface area contributed by atoms with Crippen molar-refractivity contribution in [2.45, 2.75) is 24.4 Å². The normalized spacial score (nSPS) is 12.2. The third kappa shape index (κ3) is 5.63. The Hall–Kier alpha value is -2.88. The van der Waals surface area contributed by atoms with Crippen molar-refractivity contribution >= 4 is 27.3 Å². The monoisotopic (exact) mass is 460 g/mol. The first-order chi connectivity index (χ1) is 14.8. The maximum atomic E-state index is 12.8. The summed E-state index contributed by atoms with van der Waals surface area (Å²) in [6.45, 7) is 2.02. The molecule has 0 fully saturated rings. The van der Waals surface area contributed by atoms with Gasteiger partial charge in [-0.1, -0.05) is 12.1 Å². The number of carbonyl (C=O) groups is 1. The predicted octanol–water partition coefficient (Wildman–Crippen LogP) is 3.73. The summed E-state index contributed by atoms with van der Waals surface area (Å²) in [5.41, 5.74) is 1.02. The highest BCUT2D eigenvalue weighted by Crippen LogP contribution is 2.29. The maximum absolute atomic E-state index is 12.8. The largest absolute Gasteiger partial charge is 0.497 e. The van der Waals surface area contributed by atoms with Crippen molar-refractivity contribution in [3.05, 3.63) is 76.0 Å². The molecule has 1 aromatic heterocycles. The zero-order valence-corrected chi connectivity index (χ0v) is 19.0. The van der Waals surface area contributed by atoms with Gasteiger partial charge in [0.1, 0.15) is 11.5 Å². The summed E-state index contributed by atoms with van der Waals surface area (Å²) in [5, 5.41) is 4.77. The lowest BCUT2D eigenvalue weighted by molar-refractivity contribution is 0.0939. The zero-order chi connectivity index (χ0) is 22.4. The van der Waals surface area contributed by atoms with Crippen LogP contribution < -0.4 is 19.5 Å². The van der Waals surface area contributed by atoms with Gasteiger partial charge >= 0.3 is 0 Å². The molecule has 0 radical (unpaired) electrons. The zero-order valence-electron chi connectivity index (χ0n) is 17.4. The van der Waals surface area contributed by atoms with E-state index in [0.717, 1.165) is 10.4 Å². The first-order valence-electron chi connectivity index (χ1n) is 9.49. The number of carbonyl (C=O) groups excluding carboxylic acids is 1. The topological polar surface area (TPSA) is 93.7 Å². The number of amides is 1. The van der Waals surface area contributed by atoms with Crippen molar-refractivity contribution in [1.29, 1.82) is 0 Å². The molecule has 3 aromatic rings. The summed E-state index contributed by atoms with van der Waals surface area (Å²) >= 11 is 1.47. The van der Waals surface area contributed by atoms with Crippen LogP contribution in [0.3, 0.4) is 0 Å². The first-order valence-corrected chi connectivity index (χ1v) is 11.8. The lowest BCUT2D eigenvalue weighted by Gasteiger charge is -2.18. The van der Waals surface area contributed by atoms with Gasteiger partial charge in [-0.05, 0) is 48.7 Å². The summed E-state index contributed by atoms with van der Waals surface area (Å²) in [7, 11) is -0.637. The van der Waals surface area contributed by atoms with Crippen molar-refractivity contribution in [3.63, 3.8) is 0 Å². The van der Waals surface area contributed by atoms with E-state index in [1.807, 2.05) is 30.5 Å². The van der Waals surface area contributed by atoms with Gasteiger partial charge in [0, 0.05) is 28.6 Å². The van der Waals surface area contributed by atoms with Crippen LogP contribution in [-0.4, -0.2) is 28.5 Å². The predicted molar refractivity (Wildman–Crippen MR) is 120 cm³/mol. The standard InChI is InChI=1S/C22H24N2O5S2/c1-15(20-10-9-17(28-2)13-21(20)29-3)24-22(25)16-6-4-8-19(12-16)31(26,27)23-14-18-7-5-11-30-18/h4-13,15,23H,14H2,1-3H3,(H,24,25). The minimum absolute atomic E-state index is 0.0337. The van der Waals surface area contributed by atoms with Gasteiger partial charge in [0.05, 0.1) is 25.2 Å². The van der Waals surface area contributed by atoms with Crippen molar-refractivity contribution in [2.75, 3.05) is 14.2 Å². The van der Waals surface area contributed by atoms with E-state index in [0.29, 0.717) is 11.5 Å². The summed E-state index contributed by atoms with van der Waals surface area (Å²) in [6.07, 6.45) is 0. The molecule has 1 amide bonds. The number of rotatable bonds is 9. The van der Waals surface area contributed by atoms with Crippen LogP contribution in [0.4, 0.5) is 0 Å². The van der Waals surface area contributed by atoms with E-state index < -0.39 is 10.0 Å². The first kappa shape index (κ1) is 22.8. The second-order valence-electron chi connectivity index (χ2n) is 6.73. The number of ether oxygens (including phenoxy) is 2. The Morgan fingerprint density at radius 1 is 1.06 bits per heavy atom. The summed E-state index contributed by atoms with van der Waals surface area (Å²) < 4.78 is 38.4. The second-order valence-corrected chi connectivity index (χ2v) is 9.53. The Bertz CT molecular complexity index is 1140. The number of hydrogen-bond acceptors (Lipinski definition) is 6. The molecule has 1 atom stereocenters. The van der Waals surface area contributed by atoms with Crippen LogP contribution in [0.5, 0.6) is 11.5 Å². The number of thiophene rings is 1. The van der Waals surface area contributed by atoms with Crippen LogP contribution in [0.15, 0.2) is 64.9 Å². The van der Waals surface area contributed by atoms with Crippen LogP contribution in [-0.2, 0) is 16.6 Å². The average Bonchev–Trinajstić information content (AvgIpc) is 3.31. The lowest BCUT2D eigenvalue weighted by Crippen LogP contribution is -2.28. The number of hydrogen-bond donors (Lipinski definition) is 2. The highest BCUT2D eigenvalue weighted by Gasteiger charge is 2.19. The van der Waals surface area contributed by atoms with Crippen molar-refractivity contribution in [2.24, 2.45) is 0 Å². The molecule has 31 heavy (non-hydrogen) atoms. The third-order valence-corrected chi connectivity index (χ3v) is 6.95. The molecule has 0 spiro atoms. The molecule has 0 aliphatic rings. The average molecular weight is 461 g/mol. The fourth-order valence-electron chi connectivity index (χ4n) is 3.00. The molecule has 0 aliphatic carbocycles. The van der Waals surface area contributed by atoms with Gasteiger partial charge in [-0.25, -0.2) is 13.1 Å². The van der Waals surface area contributed by atoms with E-state index in [1.54, 1.807) is 38.5 Å². The molecular weight excluding hydrogens is 436 g/mol. The van der Waals surface area contributed by atoms with Gasteiger partial charge in [0.2, 0.25) is 10.0 Å². The molecule has 0 saturated carbocycles. The number of nitrogens with one attached hydrogen (secondary N) is 2. The molecule has 2 aromatic carbocycles. The molecule has 7 nitrogen and oxygen atoms in total. The fourth-order valence-corrected chi connectivity index (χ4v) is 4.79. The van der Waals surface area contributed by atoms with Gasteiger partial charge in [-0.3, -0.25) is 4.79 Å². The van der Waals surface area contributed by atoms with E-state index in [-0.39, 0.29) is 29.0 Å². The van der Waals surface area contributed by atoms with Crippen molar-refractivity contribution < 1.29 is 22.7 Å². The molecule has 3 rings (SSSR count). The summed E-state index contributed by atoms with van der Waals surface area (Å²) in [5.74, 6) is 0.842. The summed E-state index contributed by atoms with van der Waals surface area (Å²) in [4.78, 5) is 13.7. The van der Waals surface area contributed by atoms with E-state index in [4.69, 9.17) is 9.47 Å². The van der Waals surface area contributed by atoms with Crippen LogP contribution in [0.1, 0.15) is 33.8 Å². The SMILES string of the molecule is COc1ccc(C(C)NC(=O)c2cccc(S(=O)(=O)NCc3cccs3)c2)c(OC)c1. The summed E-state index contributed by atoms with van der Waals surface area (Å²) in [6, 6.07) is 14.6. The third-order valence-electron chi connectivity index (χ3n) is 4.68. The van der Waals surface area contributed by atoms with E-state index in [2.05, 4.69) is 10.0 Å². The molecule has 0 saturated heterocycles. The highest BCUT2D eigenvalue weighted by molar-refractivity contribution is 7.89. The Morgan fingerprint density at radius 2 is 1.87 bits per heavy atom. The smallest absolute Gasteiger partial charge is 0.251 e. The molecule has 1 heterocycles. The van der Waals surface area contributed by atoms with Gasteiger partial charge in [-0.2, -0.15) is 0 Å². The molecule has 1 unspecified atom stereocenters. The Morgan fingerprint density at radius 3 is 2.55 bits per heavy atom. The van der Waals surface area contributed by atoms with E-state index >= 15 is 0 Å². The molecular formula is C22H24N2O5S2. The van der Waals surface area contributed by atoms with E-state index in [9.17, 15) is 13.2 Å². The van der Waals surface area contributed by atoms with Crippen molar-refractivity contribution in [3.8, 4) is 11.5 Å². The van der Waals surface area contributed by atoms with Gasteiger partial charge < -0.3 is 14.8 Å². The molecule has 164 valence electrons. The molecule has 2 N–H and O–H groups in total. The Kier molecular flexibility index (Phi) is 7.32. The van der Waals surface area contributed by atoms with Crippen LogP contribution >= 0.6 is 11.3 Å². The Balaban J connectivity index is 1.74. The highest BCUT2D eigenvalue weighted by atomic mass is 32.2. The second kappa shape index (κ2) is 9.95. The maximum Gasteiger partial charge on any atom is 0.251 e. The van der Waals surface area contributed by atoms with Gasteiger partial charge in [0.25, 0.3) is 5.91 Å². The molecule has 0 bridgehead atoms. The van der Waals surface area contributed by atoms with Crippen LogP contribution in [0.2, 0.25) is 0 Å². The number of sulfonamides is 1. The van der Waals surface area contributed by atoms with Crippen LogP contribution in [0, 0.1) is 0 Å². The lowest BCUT2D eigenvalue weighted by atomic mass is 10.1. The van der Waals surface area contributed by atoms with Crippen LogP contribution in [0.25, 0.3) is 0 Å². The van der Waals surface area contributed by atoms with Gasteiger partial charge in [-0.15, -0.1) is 11.3 Å². The quantitative estimate of drug-likeness (QED) is 0.507. The van der Waals surface area contributed by atoms with Gasteiger partial charge in [0.15, 0.2) is 0 Å². The number of methoxy groups -OCH3 is 2. The number of benzene rings is 2. The van der Waals surface area contributed by atoms with Crippen molar-refractivity contribution in [1.82, 2.24) is 10.0 Å².